The summed E-state index contributed by atoms with van der Waals surface area (Å²) in [5.41, 5.74) is 7.11. The summed E-state index contributed by atoms with van der Waals surface area (Å²) in [5, 5.41) is 2.67. The van der Waals surface area contributed by atoms with Crippen molar-refractivity contribution >= 4 is 34.8 Å². The Morgan fingerprint density at radius 3 is 2.56 bits per heavy atom. The number of fused-ring (bicyclic) bond motifs is 1. The molecule has 0 unspecified atom stereocenters. The number of ether oxygens (including phenoxy) is 2. The fraction of sp³-hybridized carbons (Fsp3) is 0.448. The first-order chi connectivity index (χ1) is 19.1. The van der Waals surface area contributed by atoms with Crippen molar-refractivity contribution in [1.82, 2.24) is 14.9 Å². The zero-order valence-electron chi connectivity index (χ0n) is 24.3. The van der Waals surface area contributed by atoms with Crippen molar-refractivity contribution in [3.05, 3.63) is 51.0 Å². The van der Waals surface area contributed by atoms with Crippen molar-refractivity contribution in [1.29, 1.82) is 0 Å². The maximum absolute atomic E-state index is 15.2. The topological polar surface area (TPSA) is 120 Å². The van der Waals surface area contributed by atoms with E-state index in [1.807, 2.05) is 0 Å². The summed E-state index contributed by atoms with van der Waals surface area (Å²) in [6.07, 6.45) is 1.96. The molecule has 220 valence electrons. The number of nitrogens with zero attached hydrogens (tertiary/aromatic N) is 3. The number of nitrogen functional groups attached to an aromatic ring is 1. The quantitative estimate of drug-likeness (QED) is 0.348. The number of nitrogens with one attached hydrogen (secondary N) is 1. The van der Waals surface area contributed by atoms with Crippen LogP contribution in [0.25, 0.3) is 11.3 Å². The van der Waals surface area contributed by atoms with Gasteiger partial charge in [-0.1, -0.05) is 13.8 Å². The normalized spacial score (nSPS) is 14.0. The summed E-state index contributed by atoms with van der Waals surface area (Å²) < 4.78 is 41.2. The van der Waals surface area contributed by atoms with Gasteiger partial charge in [0, 0.05) is 28.7 Å². The molecule has 0 atom stereocenters. The maximum atomic E-state index is 15.2. The summed E-state index contributed by atoms with van der Waals surface area (Å²) in [6, 6.07) is 2.41. The minimum atomic E-state index is -0.650. The summed E-state index contributed by atoms with van der Waals surface area (Å²) in [4.78, 5) is 35.8. The smallest absolute Gasteiger partial charge is 0.410 e. The predicted molar refractivity (Wildman–Crippen MR) is 154 cm³/mol. The van der Waals surface area contributed by atoms with Gasteiger partial charge < -0.3 is 25.4 Å². The Kier molecular flexibility index (Phi) is 8.26. The van der Waals surface area contributed by atoms with Crippen LogP contribution in [-0.2, 0) is 17.6 Å². The van der Waals surface area contributed by atoms with E-state index in [2.05, 4.69) is 29.1 Å². The van der Waals surface area contributed by atoms with Gasteiger partial charge in [0.25, 0.3) is 5.91 Å². The fourth-order valence-electron chi connectivity index (χ4n) is 4.60. The van der Waals surface area contributed by atoms with Gasteiger partial charge in [-0.2, -0.15) is 0 Å². The third kappa shape index (κ3) is 6.75. The molecule has 0 saturated heterocycles. The molecule has 0 aliphatic heterocycles. The third-order valence-electron chi connectivity index (χ3n) is 6.61. The molecule has 2 aromatic heterocycles. The monoisotopic (exact) mass is 587 g/mol. The second kappa shape index (κ2) is 11.2. The Bertz CT molecular complexity index is 1500. The number of hydrogen-bond donors (Lipinski definition) is 2. The highest BCUT2D eigenvalue weighted by Crippen LogP contribution is 2.43. The molecule has 0 fully saturated rings. The lowest BCUT2D eigenvalue weighted by Gasteiger charge is -2.24. The molecule has 41 heavy (non-hydrogen) atoms. The Morgan fingerprint density at radius 1 is 1.20 bits per heavy atom. The second-order valence-corrected chi connectivity index (χ2v) is 13.0. The van der Waals surface area contributed by atoms with E-state index in [1.165, 1.54) is 23.4 Å². The fourth-order valence-corrected chi connectivity index (χ4v) is 5.95. The first kappa shape index (κ1) is 30.2. The molecule has 12 heteroatoms. The summed E-state index contributed by atoms with van der Waals surface area (Å²) >= 11 is 1.13. The van der Waals surface area contributed by atoms with Crippen molar-refractivity contribution < 1.29 is 27.8 Å². The SMILES string of the molecule is Cc1c(NC(=O)c2sc3c(c2F)CC(C)(C)C3)cc(F)cc1-c1ncnc(N)c1OCCN(C)C(=O)OC(C)(C)C. The second-order valence-electron chi connectivity index (χ2n) is 11.9. The molecule has 3 aromatic rings. The number of aromatic nitrogens is 2. The van der Waals surface area contributed by atoms with Crippen LogP contribution in [-0.4, -0.2) is 52.7 Å². The number of rotatable bonds is 7. The molecule has 2 amide bonds. The lowest BCUT2D eigenvalue weighted by atomic mass is 9.90. The van der Waals surface area contributed by atoms with Crippen LogP contribution in [0.2, 0.25) is 0 Å². The number of benzene rings is 1. The average Bonchev–Trinajstić information content (AvgIpc) is 3.32. The number of nitrogens with two attached hydrogens (primary N) is 1. The van der Waals surface area contributed by atoms with E-state index in [0.29, 0.717) is 29.5 Å². The van der Waals surface area contributed by atoms with E-state index >= 15 is 4.39 Å². The molecule has 1 aliphatic carbocycles. The molecule has 0 spiro atoms. The molecule has 9 nitrogen and oxygen atoms in total. The molecular weight excluding hydrogens is 552 g/mol. The molecule has 0 radical (unpaired) electrons. The van der Waals surface area contributed by atoms with Gasteiger partial charge in [-0.3, -0.25) is 4.79 Å². The lowest BCUT2D eigenvalue weighted by Crippen LogP contribution is -2.36. The van der Waals surface area contributed by atoms with E-state index in [9.17, 15) is 14.0 Å². The number of anilines is 2. The van der Waals surface area contributed by atoms with Gasteiger partial charge in [0.2, 0.25) is 0 Å². The number of likely N-dealkylation sites (N-methyl/N-ethyl adjacent to an activating group) is 1. The van der Waals surface area contributed by atoms with Crippen LogP contribution in [0.5, 0.6) is 5.75 Å². The first-order valence-electron chi connectivity index (χ1n) is 13.2. The van der Waals surface area contributed by atoms with Gasteiger partial charge in [0.15, 0.2) is 11.6 Å². The van der Waals surface area contributed by atoms with Gasteiger partial charge in [0.1, 0.15) is 40.7 Å². The summed E-state index contributed by atoms with van der Waals surface area (Å²) in [5.74, 6) is -1.70. The molecule has 1 aromatic carbocycles. The Balaban J connectivity index is 1.56. The van der Waals surface area contributed by atoms with Crippen LogP contribution in [0.1, 0.15) is 60.3 Å². The van der Waals surface area contributed by atoms with Gasteiger partial charge in [-0.05, 0) is 63.6 Å². The van der Waals surface area contributed by atoms with E-state index < -0.39 is 29.2 Å². The standard InChI is InChI=1S/C29H35F2N5O4S/c1-15-17(22-23(25(32)34-14-33-22)39-9-8-36(7)27(38)40-28(2,3)4)10-16(30)11-19(15)35-26(37)24-21(31)18-12-29(5,6)13-20(18)41-24/h10-11,14H,8-9,12-13H2,1-7H3,(H,35,37)(H2,32,33,34). The molecular formula is C29H35F2N5O4S. The van der Waals surface area contributed by atoms with Crippen LogP contribution in [0.15, 0.2) is 18.5 Å². The third-order valence-corrected chi connectivity index (χ3v) is 7.82. The Labute approximate surface area is 242 Å². The molecule has 0 saturated carbocycles. The van der Waals surface area contributed by atoms with Crippen molar-refractivity contribution in [2.75, 3.05) is 31.2 Å². The highest BCUT2D eigenvalue weighted by molar-refractivity contribution is 7.14. The number of halogens is 2. The summed E-state index contributed by atoms with van der Waals surface area (Å²) in [6.45, 7) is 11.3. The lowest BCUT2D eigenvalue weighted by molar-refractivity contribution is 0.0278. The highest BCUT2D eigenvalue weighted by Gasteiger charge is 2.35. The molecule has 0 bridgehead atoms. The van der Waals surface area contributed by atoms with Crippen molar-refractivity contribution in [3.8, 4) is 17.0 Å². The predicted octanol–water partition coefficient (Wildman–Crippen LogP) is 6.00. The van der Waals surface area contributed by atoms with Crippen LogP contribution in [0.3, 0.4) is 0 Å². The Morgan fingerprint density at radius 2 is 1.90 bits per heavy atom. The van der Waals surface area contributed by atoms with E-state index in [1.54, 1.807) is 34.7 Å². The van der Waals surface area contributed by atoms with Gasteiger partial charge in [0.05, 0.1) is 6.54 Å². The average molecular weight is 588 g/mol. The van der Waals surface area contributed by atoms with E-state index in [0.717, 1.165) is 16.2 Å². The minimum Gasteiger partial charge on any atom is -0.486 e. The van der Waals surface area contributed by atoms with Crippen molar-refractivity contribution in [2.24, 2.45) is 5.41 Å². The zero-order chi connectivity index (χ0) is 30.3. The minimum absolute atomic E-state index is 0.0160. The largest absolute Gasteiger partial charge is 0.486 e. The molecule has 2 heterocycles. The molecule has 3 N–H and O–H groups in total. The highest BCUT2D eigenvalue weighted by atomic mass is 32.1. The van der Waals surface area contributed by atoms with Crippen LogP contribution in [0, 0.1) is 24.0 Å². The van der Waals surface area contributed by atoms with Crippen molar-refractivity contribution in [3.63, 3.8) is 0 Å². The number of thiophene rings is 1. The zero-order valence-corrected chi connectivity index (χ0v) is 25.1. The van der Waals surface area contributed by atoms with E-state index in [-0.39, 0.29) is 46.4 Å². The Hall–Kier alpha value is -3.80. The summed E-state index contributed by atoms with van der Waals surface area (Å²) in [7, 11) is 1.57. The van der Waals surface area contributed by atoms with Crippen LogP contribution < -0.4 is 15.8 Å². The first-order valence-corrected chi connectivity index (χ1v) is 14.0. The van der Waals surface area contributed by atoms with Gasteiger partial charge in [-0.25, -0.2) is 23.5 Å². The van der Waals surface area contributed by atoms with Crippen LogP contribution >= 0.6 is 11.3 Å². The van der Waals surface area contributed by atoms with Gasteiger partial charge >= 0.3 is 6.09 Å². The van der Waals surface area contributed by atoms with Crippen LogP contribution in [0.4, 0.5) is 25.1 Å². The number of amides is 2. The number of hydrogen-bond acceptors (Lipinski definition) is 8. The number of carbonyl (C=O) groups excluding carboxylic acids is 2. The molecule has 1 aliphatic rings. The molecule has 4 rings (SSSR count). The maximum Gasteiger partial charge on any atom is 0.410 e. The number of carbonyl (C=O) groups is 2. The van der Waals surface area contributed by atoms with Crippen molar-refractivity contribution in [2.45, 2.75) is 60.0 Å². The van der Waals surface area contributed by atoms with Gasteiger partial charge in [-0.15, -0.1) is 11.3 Å². The van der Waals surface area contributed by atoms with E-state index in [4.69, 9.17) is 15.2 Å².